The molecule has 4 rings (SSSR count). The van der Waals surface area contributed by atoms with Crippen LogP contribution in [-0.2, 0) is 10.0 Å². The Kier molecular flexibility index (Phi) is 8.61. The van der Waals surface area contributed by atoms with E-state index in [4.69, 9.17) is 9.72 Å². The molecule has 0 spiro atoms. The Bertz CT molecular complexity index is 1280. The molecule has 2 atom stereocenters. The van der Waals surface area contributed by atoms with E-state index in [1.807, 2.05) is 25.1 Å². The number of fused-ring (bicyclic) bond motifs is 1. The largest absolute Gasteiger partial charge is 0.490 e. The molecule has 1 fully saturated rings. The van der Waals surface area contributed by atoms with Crippen LogP contribution in [0.4, 0.5) is 5.69 Å². The van der Waals surface area contributed by atoms with Gasteiger partial charge in [-0.15, -0.1) is 6.58 Å². The van der Waals surface area contributed by atoms with Crippen LogP contribution in [0.25, 0.3) is 10.9 Å². The number of aromatic nitrogens is 1. The topological polar surface area (TPSA) is 83.6 Å². The van der Waals surface area contributed by atoms with Gasteiger partial charge in [0.25, 0.3) is 0 Å². The molecule has 1 saturated heterocycles. The summed E-state index contributed by atoms with van der Waals surface area (Å²) in [4.78, 5) is 7.30. The third-order valence-corrected chi connectivity index (χ3v) is 7.27. The molecule has 2 unspecified atom stereocenters. The van der Waals surface area contributed by atoms with Gasteiger partial charge in [0.1, 0.15) is 17.9 Å². The van der Waals surface area contributed by atoms with Crippen LogP contribution in [0.2, 0.25) is 0 Å². The number of pyridine rings is 1. The summed E-state index contributed by atoms with van der Waals surface area (Å²) in [6.07, 6.45) is 6.66. The van der Waals surface area contributed by atoms with Crippen LogP contribution in [-0.4, -0.2) is 56.8 Å². The molecule has 0 bridgehead atoms. The van der Waals surface area contributed by atoms with E-state index < -0.39 is 10.0 Å². The summed E-state index contributed by atoms with van der Waals surface area (Å²) in [6.45, 7) is 8.32. The molecule has 36 heavy (non-hydrogen) atoms. The zero-order valence-electron chi connectivity index (χ0n) is 21.1. The van der Waals surface area contributed by atoms with E-state index in [2.05, 4.69) is 64.0 Å². The molecule has 0 aliphatic carbocycles. The van der Waals surface area contributed by atoms with Gasteiger partial charge in [0.2, 0.25) is 10.0 Å². The maximum absolute atomic E-state index is 11.4. The van der Waals surface area contributed by atoms with Crippen LogP contribution in [0.1, 0.15) is 36.6 Å². The number of rotatable bonds is 11. The summed E-state index contributed by atoms with van der Waals surface area (Å²) in [5, 5.41) is 4.86. The summed E-state index contributed by atoms with van der Waals surface area (Å²) in [5.74, 6) is 0.636. The number of nitrogens with one attached hydrogen (secondary N) is 2. The van der Waals surface area contributed by atoms with E-state index >= 15 is 0 Å². The average Bonchev–Trinajstić information content (AvgIpc) is 2.86. The minimum absolute atomic E-state index is 0.0972. The van der Waals surface area contributed by atoms with E-state index in [1.54, 1.807) is 0 Å². The van der Waals surface area contributed by atoms with Gasteiger partial charge in [0, 0.05) is 35.9 Å². The van der Waals surface area contributed by atoms with Crippen LogP contribution in [0.3, 0.4) is 0 Å². The monoisotopic (exact) mass is 508 g/mol. The number of hydrogen-bond acceptors (Lipinski definition) is 6. The number of ether oxygens (including phenoxy) is 1. The molecule has 8 heteroatoms. The molecule has 0 saturated carbocycles. The fraction of sp³-hybridized carbons (Fsp3) is 0.393. The smallest absolute Gasteiger partial charge is 0.208 e. The minimum atomic E-state index is -3.26. The maximum Gasteiger partial charge on any atom is 0.208 e. The predicted octanol–water partition coefficient (Wildman–Crippen LogP) is 4.66. The number of para-hydroxylation sites is 1. The quantitative estimate of drug-likeness (QED) is 0.289. The van der Waals surface area contributed by atoms with Crippen molar-refractivity contribution in [1.29, 1.82) is 0 Å². The summed E-state index contributed by atoms with van der Waals surface area (Å²) in [7, 11) is -3.26. The van der Waals surface area contributed by atoms with E-state index in [9.17, 15) is 8.42 Å². The molecule has 0 radical (unpaired) electrons. The fourth-order valence-electron chi connectivity index (χ4n) is 4.99. The Hall–Kier alpha value is -2.94. The summed E-state index contributed by atoms with van der Waals surface area (Å²) in [6, 6.07) is 19.0. The Balaban J connectivity index is 1.67. The molecule has 1 aliphatic rings. The number of nitrogens with zero attached hydrogens (tertiary/aromatic N) is 2. The van der Waals surface area contributed by atoms with Crippen LogP contribution < -0.4 is 14.8 Å². The van der Waals surface area contributed by atoms with Crippen molar-refractivity contribution in [1.82, 2.24) is 14.6 Å². The number of likely N-dealkylation sites (tertiary alicyclic amines) is 1. The van der Waals surface area contributed by atoms with Crippen molar-refractivity contribution in [2.45, 2.75) is 38.3 Å². The lowest BCUT2D eigenvalue weighted by atomic mass is 9.90. The van der Waals surface area contributed by atoms with E-state index in [0.29, 0.717) is 11.8 Å². The molecule has 2 N–H and O–H groups in total. The second kappa shape index (κ2) is 11.9. The zero-order valence-corrected chi connectivity index (χ0v) is 21.9. The summed E-state index contributed by atoms with van der Waals surface area (Å²) >= 11 is 0. The second-order valence-electron chi connectivity index (χ2n) is 9.36. The number of anilines is 1. The molecular formula is C28H36N4O3S. The number of benzene rings is 2. The maximum atomic E-state index is 11.4. The molecule has 2 heterocycles. The number of aryl methyl sites for hydroxylation is 1. The standard InChI is InChI=1S/C28H36N4O3S/c1-4-17-32-18-9-8-14-25(32)27(22-11-6-5-7-12-22)31-24-20-21(2)30-28-23(24)13-10-15-26(28)35-19-16-29-36(3,33)34/h4-7,10-13,15,20,25,27,29H,1,8-9,14,16-19H2,2-3H3,(H,30,31). The Morgan fingerprint density at radius 2 is 2.00 bits per heavy atom. The molecule has 7 nitrogen and oxygen atoms in total. The van der Waals surface area contributed by atoms with Gasteiger partial charge in [-0.05, 0) is 44.0 Å². The first kappa shape index (κ1) is 26.1. The van der Waals surface area contributed by atoms with Crippen molar-refractivity contribution < 1.29 is 13.2 Å². The van der Waals surface area contributed by atoms with Crippen LogP contribution in [0, 0.1) is 6.92 Å². The normalized spacial score (nSPS) is 17.6. The zero-order chi connectivity index (χ0) is 25.5. The molecule has 3 aromatic rings. The van der Waals surface area contributed by atoms with Crippen molar-refractivity contribution in [2.75, 3.05) is 37.8 Å². The van der Waals surface area contributed by atoms with Gasteiger partial charge in [0.15, 0.2) is 0 Å². The van der Waals surface area contributed by atoms with E-state index in [1.165, 1.54) is 18.4 Å². The Morgan fingerprint density at radius 3 is 2.75 bits per heavy atom. The highest BCUT2D eigenvalue weighted by molar-refractivity contribution is 7.88. The van der Waals surface area contributed by atoms with E-state index in [0.717, 1.165) is 48.1 Å². The van der Waals surface area contributed by atoms with Crippen molar-refractivity contribution in [3.05, 3.63) is 78.5 Å². The van der Waals surface area contributed by atoms with Gasteiger partial charge < -0.3 is 10.1 Å². The van der Waals surface area contributed by atoms with Gasteiger partial charge in [-0.1, -0.05) is 55.0 Å². The average molecular weight is 509 g/mol. The highest BCUT2D eigenvalue weighted by atomic mass is 32.2. The third-order valence-electron chi connectivity index (χ3n) is 6.54. The molecule has 2 aromatic carbocycles. The van der Waals surface area contributed by atoms with Gasteiger partial charge >= 0.3 is 0 Å². The van der Waals surface area contributed by atoms with Gasteiger partial charge in [-0.2, -0.15) is 0 Å². The fourth-order valence-corrected chi connectivity index (χ4v) is 5.44. The number of sulfonamides is 1. The Morgan fingerprint density at radius 1 is 1.19 bits per heavy atom. The number of hydrogen-bond donors (Lipinski definition) is 2. The van der Waals surface area contributed by atoms with Crippen LogP contribution >= 0.6 is 0 Å². The lowest BCUT2D eigenvalue weighted by Gasteiger charge is -2.41. The highest BCUT2D eigenvalue weighted by Crippen LogP contribution is 2.36. The van der Waals surface area contributed by atoms with Crippen LogP contribution in [0.5, 0.6) is 5.75 Å². The SMILES string of the molecule is C=CCN1CCCCC1C(Nc1cc(C)nc2c(OCCNS(C)(=O)=O)cccc12)c1ccccc1. The molecular weight excluding hydrogens is 472 g/mol. The van der Waals surface area contributed by atoms with Crippen molar-refractivity contribution in [2.24, 2.45) is 0 Å². The van der Waals surface area contributed by atoms with Gasteiger partial charge in [0.05, 0.1) is 12.3 Å². The van der Waals surface area contributed by atoms with Crippen molar-refractivity contribution in [3.8, 4) is 5.75 Å². The minimum Gasteiger partial charge on any atom is -0.490 e. The summed E-state index contributed by atoms with van der Waals surface area (Å²) < 4.78 is 31.1. The second-order valence-corrected chi connectivity index (χ2v) is 11.2. The first-order chi connectivity index (χ1) is 17.4. The van der Waals surface area contributed by atoms with Gasteiger partial charge in [-0.25, -0.2) is 18.1 Å². The first-order valence-electron chi connectivity index (χ1n) is 12.5. The predicted molar refractivity (Wildman–Crippen MR) is 147 cm³/mol. The number of piperidine rings is 1. The lowest BCUT2D eigenvalue weighted by Crippen LogP contribution is -2.45. The van der Waals surface area contributed by atoms with Crippen molar-refractivity contribution in [3.63, 3.8) is 0 Å². The Labute approximate surface area is 214 Å². The first-order valence-corrected chi connectivity index (χ1v) is 14.4. The van der Waals surface area contributed by atoms with Gasteiger partial charge in [-0.3, -0.25) is 4.90 Å². The molecule has 192 valence electrons. The van der Waals surface area contributed by atoms with Crippen LogP contribution in [0.15, 0.2) is 67.3 Å². The highest BCUT2D eigenvalue weighted by Gasteiger charge is 2.31. The molecule has 1 aromatic heterocycles. The van der Waals surface area contributed by atoms with Crippen molar-refractivity contribution >= 4 is 26.6 Å². The third kappa shape index (κ3) is 6.63. The molecule has 1 aliphatic heterocycles. The molecule has 0 amide bonds. The lowest BCUT2D eigenvalue weighted by molar-refractivity contribution is 0.147. The summed E-state index contributed by atoms with van der Waals surface area (Å²) in [5.41, 5.74) is 3.90. The van der Waals surface area contributed by atoms with E-state index in [-0.39, 0.29) is 19.2 Å².